The van der Waals surface area contributed by atoms with Gasteiger partial charge in [0.05, 0.1) is 11.0 Å². The molecule has 0 amide bonds. The van der Waals surface area contributed by atoms with Crippen LogP contribution in [-0.2, 0) is 7.05 Å². The van der Waals surface area contributed by atoms with E-state index in [1.165, 1.54) is 30.6 Å². The van der Waals surface area contributed by atoms with Crippen molar-refractivity contribution in [3.63, 3.8) is 0 Å². The Bertz CT molecular complexity index is 550. The third-order valence-electron chi connectivity index (χ3n) is 3.94. The molecule has 1 saturated carbocycles. The minimum Gasteiger partial charge on any atom is -0.331 e. The fourth-order valence-electron chi connectivity index (χ4n) is 2.55. The Labute approximate surface area is 102 Å². The van der Waals surface area contributed by atoms with Crippen molar-refractivity contribution >= 4 is 11.0 Å². The van der Waals surface area contributed by atoms with Gasteiger partial charge < -0.3 is 10.3 Å². The van der Waals surface area contributed by atoms with Gasteiger partial charge in [-0.1, -0.05) is 12.5 Å². The van der Waals surface area contributed by atoms with Gasteiger partial charge in [0.15, 0.2) is 0 Å². The van der Waals surface area contributed by atoms with Crippen LogP contribution in [0.2, 0.25) is 0 Å². The zero-order chi connectivity index (χ0) is 12.0. The number of hydrogen-bond donors (Lipinski definition) is 1. The predicted octanol–water partition coefficient (Wildman–Crippen LogP) is 2.86. The van der Waals surface area contributed by atoms with Crippen LogP contribution < -0.4 is 5.73 Å². The highest BCUT2D eigenvalue weighted by Gasteiger charge is 2.24. The number of aryl methyl sites for hydroxylation is 1. The summed E-state index contributed by atoms with van der Waals surface area (Å²) < 4.78 is 2.24. The summed E-state index contributed by atoms with van der Waals surface area (Å²) in [5.41, 5.74) is 9.38. The highest BCUT2D eigenvalue weighted by atomic mass is 15.1. The molecule has 0 bridgehead atoms. The summed E-state index contributed by atoms with van der Waals surface area (Å²) in [5.74, 6) is 1.92. The van der Waals surface area contributed by atoms with E-state index >= 15 is 0 Å². The first-order chi connectivity index (χ1) is 8.16. The van der Waals surface area contributed by atoms with E-state index in [2.05, 4.69) is 29.8 Å². The highest BCUT2D eigenvalue weighted by molar-refractivity contribution is 5.77. The molecule has 1 fully saturated rings. The third kappa shape index (κ3) is 1.65. The molecule has 1 aliphatic carbocycles. The van der Waals surface area contributed by atoms with E-state index in [1.807, 2.05) is 6.92 Å². The van der Waals surface area contributed by atoms with Crippen LogP contribution in [0.5, 0.6) is 0 Å². The Hall–Kier alpha value is -1.35. The fourth-order valence-corrected chi connectivity index (χ4v) is 2.55. The molecule has 1 aliphatic rings. The van der Waals surface area contributed by atoms with E-state index in [4.69, 9.17) is 10.7 Å². The molecule has 3 rings (SSSR count). The van der Waals surface area contributed by atoms with Crippen molar-refractivity contribution < 1.29 is 0 Å². The molecule has 0 spiro atoms. The normalized spacial score (nSPS) is 18.3. The first-order valence-corrected chi connectivity index (χ1v) is 6.38. The van der Waals surface area contributed by atoms with Crippen LogP contribution in [0.4, 0.5) is 0 Å². The Balaban J connectivity index is 2.11. The monoisotopic (exact) mass is 229 g/mol. The minimum atomic E-state index is 0.0774. The lowest BCUT2D eigenvalue weighted by molar-refractivity contribution is 0.395. The van der Waals surface area contributed by atoms with Crippen molar-refractivity contribution in [2.24, 2.45) is 12.8 Å². The molecule has 1 heterocycles. The molecule has 17 heavy (non-hydrogen) atoms. The maximum Gasteiger partial charge on any atom is 0.112 e. The largest absolute Gasteiger partial charge is 0.331 e. The lowest BCUT2D eigenvalue weighted by Crippen LogP contribution is -2.13. The number of rotatable bonds is 2. The summed E-state index contributed by atoms with van der Waals surface area (Å²) in [4.78, 5) is 4.78. The average Bonchev–Trinajstić information content (AvgIpc) is 2.54. The van der Waals surface area contributed by atoms with Gasteiger partial charge in [-0.05, 0) is 37.5 Å². The van der Waals surface area contributed by atoms with Crippen molar-refractivity contribution in [1.29, 1.82) is 0 Å². The summed E-state index contributed by atoms with van der Waals surface area (Å²) in [6.45, 7) is 2.01. The summed E-state index contributed by atoms with van der Waals surface area (Å²) in [6.07, 6.45) is 3.92. The molecular formula is C14H19N3. The molecule has 1 aromatic heterocycles. The summed E-state index contributed by atoms with van der Waals surface area (Å²) in [6, 6.07) is 6.46. The smallest absolute Gasteiger partial charge is 0.112 e. The van der Waals surface area contributed by atoms with Crippen LogP contribution in [0.1, 0.15) is 49.5 Å². The second-order valence-electron chi connectivity index (χ2n) is 5.19. The van der Waals surface area contributed by atoms with E-state index in [1.54, 1.807) is 0 Å². The van der Waals surface area contributed by atoms with Crippen molar-refractivity contribution in [3.05, 3.63) is 29.6 Å². The maximum absolute atomic E-state index is 5.91. The summed E-state index contributed by atoms with van der Waals surface area (Å²) in [7, 11) is 2.12. The second kappa shape index (κ2) is 3.84. The molecule has 2 aromatic rings. The van der Waals surface area contributed by atoms with E-state index in [-0.39, 0.29) is 6.04 Å². The number of hydrogen-bond acceptors (Lipinski definition) is 2. The Morgan fingerprint density at radius 3 is 2.76 bits per heavy atom. The van der Waals surface area contributed by atoms with Gasteiger partial charge >= 0.3 is 0 Å². The molecular weight excluding hydrogens is 210 g/mol. The van der Waals surface area contributed by atoms with Crippen molar-refractivity contribution in [2.45, 2.75) is 38.1 Å². The van der Waals surface area contributed by atoms with E-state index in [0.29, 0.717) is 5.92 Å². The first kappa shape index (κ1) is 10.8. The van der Waals surface area contributed by atoms with Crippen molar-refractivity contribution in [2.75, 3.05) is 0 Å². The number of nitrogens with two attached hydrogens (primary N) is 1. The van der Waals surface area contributed by atoms with Crippen LogP contribution >= 0.6 is 0 Å². The fraction of sp³-hybridized carbons (Fsp3) is 0.500. The Morgan fingerprint density at radius 2 is 2.18 bits per heavy atom. The van der Waals surface area contributed by atoms with E-state index < -0.39 is 0 Å². The lowest BCUT2D eigenvalue weighted by atomic mass is 9.85. The highest BCUT2D eigenvalue weighted by Crippen LogP contribution is 2.36. The van der Waals surface area contributed by atoms with Crippen LogP contribution in [0.15, 0.2) is 18.2 Å². The van der Waals surface area contributed by atoms with Crippen LogP contribution in [0.25, 0.3) is 11.0 Å². The van der Waals surface area contributed by atoms with Gasteiger partial charge in [0, 0.05) is 19.0 Å². The molecule has 0 radical (unpaired) electrons. The molecule has 0 saturated heterocycles. The van der Waals surface area contributed by atoms with Crippen LogP contribution in [0, 0.1) is 0 Å². The lowest BCUT2D eigenvalue weighted by Gasteiger charge is -2.24. The van der Waals surface area contributed by atoms with Gasteiger partial charge in [0.1, 0.15) is 5.82 Å². The Morgan fingerprint density at radius 1 is 1.41 bits per heavy atom. The van der Waals surface area contributed by atoms with Crippen molar-refractivity contribution in [1.82, 2.24) is 9.55 Å². The van der Waals surface area contributed by atoms with Crippen LogP contribution in [-0.4, -0.2) is 9.55 Å². The van der Waals surface area contributed by atoms with Gasteiger partial charge in [-0.2, -0.15) is 0 Å². The zero-order valence-electron chi connectivity index (χ0n) is 10.5. The summed E-state index contributed by atoms with van der Waals surface area (Å²) in [5, 5.41) is 0. The SMILES string of the molecule is CC(N)c1ccc2c(c1)nc(C1CCC1)n2C. The quantitative estimate of drug-likeness (QED) is 0.860. The summed E-state index contributed by atoms with van der Waals surface area (Å²) >= 11 is 0. The molecule has 3 nitrogen and oxygen atoms in total. The molecule has 1 aromatic carbocycles. The molecule has 90 valence electrons. The molecule has 1 atom stereocenters. The first-order valence-electron chi connectivity index (χ1n) is 6.38. The van der Waals surface area contributed by atoms with Gasteiger partial charge in [0.2, 0.25) is 0 Å². The topological polar surface area (TPSA) is 43.8 Å². The second-order valence-corrected chi connectivity index (χ2v) is 5.19. The maximum atomic E-state index is 5.91. The Kier molecular flexibility index (Phi) is 2.44. The number of fused-ring (bicyclic) bond motifs is 1. The number of aromatic nitrogens is 2. The number of benzene rings is 1. The van der Waals surface area contributed by atoms with Crippen molar-refractivity contribution in [3.8, 4) is 0 Å². The van der Waals surface area contributed by atoms with Gasteiger partial charge in [-0.15, -0.1) is 0 Å². The van der Waals surface area contributed by atoms with Gasteiger partial charge in [-0.3, -0.25) is 0 Å². The molecule has 0 aliphatic heterocycles. The predicted molar refractivity (Wildman–Crippen MR) is 69.9 cm³/mol. The molecule has 1 unspecified atom stereocenters. The molecule has 3 heteroatoms. The zero-order valence-corrected chi connectivity index (χ0v) is 10.5. The third-order valence-corrected chi connectivity index (χ3v) is 3.94. The van der Waals surface area contributed by atoms with E-state index in [0.717, 1.165) is 11.1 Å². The molecule has 2 N–H and O–H groups in total. The van der Waals surface area contributed by atoms with Gasteiger partial charge in [-0.25, -0.2) is 4.98 Å². The standard InChI is InChI=1S/C14H19N3/c1-9(15)11-6-7-13-12(8-11)16-14(17(13)2)10-4-3-5-10/h6-10H,3-5,15H2,1-2H3. The minimum absolute atomic E-state index is 0.0774. The number of imidazole rings is 1. The van der Waals surface area contributed by atoms with Crippen LogP contribution in [0.3, 0.4) is 0 Å². The van der Waals surface area contributed by atoms with Gasteiger partial charge in [0.25, 0.3) is 0 Å². The average molecular weight is 229 g/mol. The van der Waals surface area contributed by atoms with E-state index in [9.17, 15) is 0 Å². The number of nitrogens with zero attached hydrogens (tertiary/aromatic N) is 2.